The van der Waals surface area contributed by atoms with Crippen LogP contribution < -0.4 is 16.6 Å². The third-order valence-electron chi connectivity index (χ3n) is 4.66. The Labute approximate surface area is 189 Å². The molecule has 2 aromatic rings. The van der Waals surface area contributed by atoms with Crippen molar-refractivity contribution in [3.8, 4) is 11.3 Å². The number of likely N-dealkylation sites (tertiary alicyclic amines) is 1. The van der Waals surface area contributed by atoms with Crippen molar-refractivity contribution in [3.05, 3.63) is 34.8 Å². The smallest absolute Gasteiger partial charge is 0.410 e. The fraction of sp³-hybridized carbons (Fsp3) is 0.429. The largest absolute Gasteiger partial charge is 0.444 e. The number of carbonyl (C=O) groups is 2. The van der Waals surface area contributed by atoms with Gasteiger partial charge in [0, 0.05) is 18.7 Å². The van der Waals surface area contributed by atoms with E-state index in [1.165, 1.54) is 0 Å². The molecule has 3 rings (SSSR count). The number of anilines is 2. The molecular weight excluding hydrogens is 464 g/mol. The summed E-state index contributed by atoms with van der Waals surface area (Å²) < 4.78 is 6.00. The average molecular weight is 491 g/mol. The molecule has 10 heteroatoms. The van der Waals surface area contributed by atoms with E-state index in [0.717, 1.165) is 12.0 Å². The zero-order chi connectivity index (χ0) is 22.6. The topological polar surface area (TPSA) is 122 Å². The minimum atomic E-state index is -0.580. The van der Waals surface area contributed by atoms with Crippen molar-refractivity contribution in [2.45, 2.75) is 39.2 Å². The Balaban J connectivity index is 1.65. The van der Waals surface area contributed by atoms with Crippen LogP contribution in [0.5, 0.6) is 0 Å². The second-order valence-corrected chi connectivity index (χ2v) is 9.13. The zero-order valence-electron chi connectivity index (χ0n) is 17.8. The highest BCUT2D eigenvalue weighted by molar-refractivity contribution is 9.10. The van der Waals surface area contributed by atoms with E-state index >= 15 is 0 Å². The molecule has 1 saturated heterocycles. The molecule has 0 spiro atoms. The SMILES string of the molecule is CC(C)(C)OC(=O)N1CCCC(C(=O)NNc2nc(N)nc(-c3ccccc3)c2Br)C1. The summed E-state index contributed by atoms with van der Waals surface area (Å²) in [5.41, 5.74) is 12.3. The number of aromatic nitrogens is 2. The molecule has 9 nitrogen and oxygen atoms in total. The van der Waals surface area contributed by atoms with Crippen molar-refractivity contribution >= 4 is 39.7 Å². The number of nitrogens with two attached hydrogens (primary N) is 1. The number of piperidine rings is 1. The normalized spacial score (nSPS) is 16.5. The lowest BCUT2D eigenvalue weighted by Gasteiger charge is -2.33. The van der Waals surface area contributed by atoms with E-state index in [1.807, 2.05) is 51.1 Å². The lowest BCUT2D eigenvalue weighted by molar-refractivity contribution is -0.126. The molecule has 1 fully saturated rings. The number of hydrogen-bond acceptors (Lipinski definition) is 7. The molecule has 31 heavy (non-hydrogen) atoms. The third kappa shape index (κ3) is 6.06. The van der Waals surface area contributed by atoms with Gasteiger partial charge < -0.3 is 15.4 Å². The number of rotatable bonds is 4. The summed E-state index contributed by atoms with van der Waals surface area (Å²) in [6, 6.07) is 9.51. The maximum Gasteiger partial charge on any atom is 0.410 e. The van der Waals surface area contributed by atoms with Crippen molar-refractivity contribution < 1.29 is 14.3 Å². The number of amides is 2. The number of nitrogens with zero attached hydrogens (tertiary/aromatic N) is 3. The number of ether oxygens (including phenoxy) is 1. The molecule has 0 aliphatic carbocycles. The van der Waals surface area contributed by atoms with Gasteiger partial charge in [0.2, 0.25) is 11.9 Å². The predicted molar refractivity (Wildman–Crippen MR) is 122 cm³/mol. The van der Waals surface area contributed by atoms with Crippen LogP contribution in [0, 0.1) is 5.92 Å². The van der Waals surface area contributed by atoms with E-state index in [9.17, 15) is 9.59 Å². The Hall–Kier alpha value is -2.88. The van der Waals surface area contributed by atoms with Crippen LogP contribution in [0.3, 0.4) is 0 Å². The molecule has 4 N–H and O–H groups in total. The van der Waals surface area contributed by atoms with Gasteiger partial charge in [-0.15, -0.1) is 0 Å². The van der Waals surface area contributed by atoms with Crippen LogP contribution >= 0.6 is 15.9 Å². The summed E-state index contributed by atoms with van der Waals surface area (Å²) in [4.78, 5) is 35.1. The molecule has 2 amide bonds. The molecule has 0 radical (unpaired) electrons. The van der Waals surface area contributed by atoms with Crippen LogP contribution in [0.25, 0.3) is 11.3 Å². The average Bonchev–Trinajstić information content (AvgIpc) is 2.73. The lowest BCUT2D eigenvalue weighted by atomic mass is 9.98. The number of carbonyl (C=O) groups excluding carboxylic acids is 2. The van der Waals surface area contributed by atoms with Crippen molar-refractivity contribution in [2.24, 2.45) is 5.92 Å². The Morgan fingerprint density at radius 3 is 2.61 bits per heavy atom. The number of halogens is 1. The Kier molecular flexibility index (Phi) is 6.99. The van der Waals surface area contributed by atoms with Crippen LogP contribution in [0.15, 0.2) is 34.8 Å². The maximum absolute atomic E-state index is 12.7. The summed E-state index contributed by atoms with van der Waals surface area (Å²) in [6.45, 7) is 6.32. The summed E-state index contributed by atoms with van der Waals surface area (Å²) in [5, 5.41) is 0. The number of nitrogen functional groups attached to an aromatic ring is 1. The highest BCUT2D eigenvalue weighted by Crippen LogP contribution is 2.31. The van der Waals surface area contributed by atoms with Crippen molar-refractivity contribution in [1.82, 2.24) is 20.3 Å². The van der Waals surface area contributed by atoms with E-state index in [4.69, 9.17) is 10.5 Å². The first-order valence-electron chi connectivity index (χ1n) is 10.1. The van der Waals surface area contributed by atoms with Crippen molar-refractivity contribution in [2.75, 3.05) is 24.2 Å². The van der Waals surface area contributed by atoms with Crippen LogP contribution in [0.4, 0.5) is 16.6 Å². The van der Waals surface area contributed by atoms with Gasteiger partial charge >= 0.3 is 6.09 Å². The van der Waals surface area contributed by atoms with Gasteiger partial charge in [-0.3, -0.25) is 15.6 Å². The molecule has 1 aliphatic rings. The van der Waals surface area contributed by atoms with Gasteiger partial charge in [-0.05, 0) is 49.5 Å². The standard InChI is InChI=1S/C21H27BrN6O3/c1-21(2,3)31-20(30)28-11-7-10-14(12-28)18(29)27-26-17-15(22)16(24-19(23)25-17)13-8-5-4-6-9-13/h4-6,8-9,14H,7,10-12H2,1-3H3,(H,27,29)(H3,23,24,25,26). The van der Waals surface area contributed by atoms with Gasteiger partial charge in [-0.25, -0.2) is 9.78 Å². The number of hydrazine groups is 1. The molecule has 0 saturated carbocycles. The maximum atomic E-state index is 12.7. The first kappa shape index (κ1) is 22.8. The monoisotopic (exact) mass is 490 g/mol. The van der Waals surface area contributed by atoms with Gasteiger partial charge in [0.25, 0.3) is 0 Å². The molecule has 1 aliphatic heterocycles. The molecule has 1 unspecified atom stereocenters. The van der Waals surface area contributed by atoms with Crippen LogP contribution in [-0.2, 0) is 9.53 Å². The highest BCUT2D eigenvalue weighted by Gasteiger charge is 2.31. The number of benzene rings is 1. The van der Waals surface area contributed by atoms with Crippen molar-refractivity contribution in [3.63, 3.8) is 0 Å². The van der Waals surface area contributed by atoms with E-state index in [0.29, 0.717) is 35.5 Å². The van der Waals surface area contributed by atoms with Gasteiger partial charge in [0.05, 0.1) is 16.1 Å². The Morgan fingerprint density at radius 2 is 1.94 bits per heavy atom. The number of nitrogens with one attached hydrogen (secondary N) is 2. The molecule has 2 heterocycles. The van der Waals surface area contributed by atoms with Crippen LogP contribution in [-0.4, -0.2) is 45.6 Å². The van der Waals surface area contributed by atoms with Crippen LogP contribution in [0.1, 0.15) is 33.6 Å². The second-order valence-electron chi connectivity index (χ2n) is 8.34. The molecular formula is C21H27BrN6O3. The molecule has 0 bridgehead atoms. The van der Waals surface area contributed by atoms with E-state index in [-0.39, 0.29) is 17.8 Å². The quantitative estimate of drug-likeness (QED) is 0.559. The second kappa shape index (κ2) is 9.51. The third-order valence-corrected chi connectivity index (χ3v) is 5.41. The Morgan fingerprint density at radius 1 is 1.23 bits per heavy atom. The van der Waals surface area contributed by atoms with E-state index in [2.05, 4.69) is 36.7 Å². The van der Waals surface area contributed by atoms with Crippen LogP contribution in [0.2, 0.25) is 0 Å². The van der Waals surface area contributed by atoms with E-state index in [1.54, 1.807) is 4.90 Å². The van der Waals surface area contributed by atoms with Gasteiger partial charge in [-0.2, -0.15) is 4.98 Å². The van der Waals surface area contributed by atoms with Gasteiger partial charge in [-0.1, -0.05) is 30.3 Å². The fourth-order valence-electron chi connectivity index (χ4n) is 3.24. The Bertz CT molecular complexity index is 948. The first-order chi connectivity index (χ1) is 14.6. The van der Waals surface area contributed by atoms with E-state index < -0.39 is 11.7 Å². The summed E-state index contributed by atoms with van der Waals surface area (Å²) in [6.07, 6.45) is 0.992. The first-order valence-corrected chi connectivity index (χ1v) is 10.9. The fourth-order valence-corrected chi connectivity index (χ4v) is 3.75. The minimum Gasteiger partial charge on any atom is -0.444 e. The molecule has 1 aromatic heterocycles. The summed E-state index contributed by atoms with van der Waals surface area (Å²) in [5.74, 6) is -0.175. The zero-order valence-corrected chi connectivity index (χ0v) is 19.4. The summed E-state index contributed by atoms with van der Waals surface area (Å²) in [7, 11) is 0. The highest BCUT2D eigenvalue weighted by atomic mass is 79.9. The van der Waals surface area contributed by atoms with Gasteiger partial charge in [0.1, 0.15) is 5.60 Å². The predicted octanol–water partition coefficient (Wildman–Crippen LogP) is 3.58. The number of hydrogen-bond donors (Lipinski definition) is 3. The van der Waals surface area contributed by atoms with Crippen molar-refractivity contribution in [1.29, 1.82) is 0 Å². The molecule has 1 atom stereocenters. The molecule has 166 valence electrons. The minimum absolute atomic E-state index is 0.0765. The lowest BCUT2D eigenvalue weighted by Crippen LogP contribution is -2.48. The van der Waals surface area contributed by atoms with Gasteiger partial charge in [0.15, 0.2) is 5.82 Å². The summed E-state index contributed by atoms with van der Waals surface area (Å²) >= 11 is 3.49. The molecule has 1 aromatic carbocycles.